The summed E-state index contributed by atoms with van der Waals surface area (Å²) in [5.74, 6) is 0. The second-order valence-corrected chi connectivity index (χ2v) is 5.72. The monoisotopic (exact) mass is 428 g/mol. The van der Waals surface area contributed by atoms with Crippen LogP contribution in [0.1, 0.15) is 20.8 Å². The van der Waals surface area contributed by atoms with E-state index in [4.69, 9.17) is 5.73 Å². The van der Waals surface area contributed by atoms with Crippen molar-refractivity contribution >= 4 is 21.7 Å². The molecule has 138 valence electrons. The fourth-order valence-electron chi connectivity index (χ4n) is 1.82. The maximum atomic E-state index is 6.94. The average Bonchev–Trinajstić information content (AvgIpc) is 2.95. The minimum atomic E-state index is -0.250. The first-order valence-corrected chi connectivity index (χ1v) is 6.47. The van der Waals surface area contributed by atoms with Crippen molar-refractivity contribution in [3.8, 4) is 11.1 Å². The van der Waals surface area contributed by atoms with Crippen molar-refractivity contribution in [2.45, 2.75) is 26.3 Å². The van der Waals surface area contributed by atoms with Crippen LogP contribution in [-0.4, -0.2) is 21.5 Å². The SMILES string of the molecule is CC(C)(C)[NH-].[CH3-].[CH3-].[Cl-].[Cl-].[Si].[Ti+2].c1ccc2[cH-]c(-c3cc[nH]c3)cc2c1. The zero-order valence-corrected chi connectivity index (χ0v) is 19.5. The Kier molecular flexibility index (Phi) is 22.5. The van der Waals surface area contributed by atoms with Gasteiger partial charge in [-0.3, -0.25) is 0 Å². The third-order valence-electron chi connectivity index (χ3n) is 2.55. The summed E-state index contributed by atoms with van der Waals surface area (Å²) in [6.07, 6.45) is 3.97. The molecule has 0 fully saturated rings. The van der Waals surface area contributed by atoms with Crippen LogP contribution in [0.2, 0.25) is 0 Å². The summed E-state index contributed by atoms with van der Waals surface area (Å²) in [6.45, 7) is 5.56. The van der Waals surface area contributed by atoms with Gasteiger partial charge in [-0.1, -0.05) is 50.6 Å². The number of halogens is 2. The molecule has 2 N–H and O–H groups in total. The second-order valence-electron chi connectivity index (χ2n) is 5.72. The molecule has 2 nitrogen and oxygen atoms in total. The van der Waals surface area contributed by atoms with E-state index in [2.05, 4.69) is 47.4 Å². The fraction of sp³-hybridized carbons (Fsp3) is 0.211. The third kappa shape index (κ3) is 12.6. The van der Waals surface area contributed by atoms with Gasteiger partial charge in [0.25, 0.3) is 0 Å². The Morgan fingerprint density at radius 2 is 1.52 bits per heavy atom. The van der Waals surface area contributed by atoms with Crippen molar-refractivity contribution in [2.24, 2.45) is 0 Å². The predicted octanol–water partition coefficient (Wildman–Crippen LogP) is -0.0838. The van der Waals surface area contributed by atoms with Gasteiger partial charge in [-0.05, 0) is 12.4 Å². The van der Waals surface area contributed by atoms with E-state index in [0.29, 0.717) is 0 Å². The number of hydrogen-bond donors (Lipinski definition) is 1. The molecule has 1 aromatic heterocycles. The van der Waals surface area contributed by atoms with E-state index in [1.807, 2.05) is 33.2 Å². The first kappa shape index (κ1) is 35.6. The standard InChI is InChI=1S/C13H10N.C4H10N.2CH3.2ClH.Si.Ti/c1-2-4-11-8-13(7-10(11)3-1)12-5-6-14-9-12;1-4(2,3)5;;;;;;/h1-9,14H;5H,1-3H3;2*1H3;2*1H;;/q4*-1;;;;+2/p-2. The van der Waals surface area contributed by atoms with E-state index in [1.165, 1.54) is 21.9 Å². The van der Waals surface area contributed by atoms with Crippen LogP contribution in [-0.2, 0) is 21.7 Å². The van der Waals surface area contributed by atoms with Crippen LogP contribution < -0.4 is 24.8 Å². The van der Waals surface area contributed by atoms with Crippen molar-refractivity contribution in [1.82, 2.24) is 4.98 Å². The molecule has 0 saturated heterocycles. The number of benzene rings is 1. The summed E-state index contributed by atoms with van der Waals surface area (Å²) >= 11 is 0. The summed E-state index contributed by atoms with van der Waals surface area (Å²) in [5.41, 5.74) is 9.22. The van der Waals surface area contributed by atoms with Crippen LogP contribution >= 0.6 is 0 Å². The normalized spacial score (nSPS) is 8.48. The first-order chi connectivity index (χ1) is 8.93. The number of rotatable bonds is 1. The molecular formula is C19H26Cl2N2SiTi-4. The Morgan fingerprint density at radius 1 is 1.00 bits per heavy atom. The molecule has 2 aromatic carbocycles. The number of hydrogen-bond acceptors (Lipinski definition) is 0. The van der Waals surface area contributed by atoms with Crippen molar-refractivity contribution in [3.63, 3.8) is 0 Å². The van der Waals surface area contributed by atoms with Gasteiger partial charge in [0.05, 0.1) is 0 Å². The molecule has 3 rings (SSSR count). The topological polar surface area (TPSA) is 39.6 Å². The molecule has 0 saturated carbocycles. The zero-order valence-electron chi connectivity index (χ0n) is 15.5. The van der Waals surface area contributed by atoms with Gasteiger partial charge >= 0.3 is 21.7 Å². The minimum Gasteiger partial charge on any atom is -1.00 e. The van der Waals surface area contributed by atoms with Gasteiger partial charge < -0.3 is 50.4 Å². The van der Waals surface area contributed by atoms with Crippen LogP contribution in [0, 0.1) is 14.9 Å². The number of fused-ring (bicyclic) bond motifs is 1. The molecule has 25 heavy (non-hydrogen) atoms. The zero-order chi connectivity index (χ0) is 13.9. The van der Waals surface area contributed by atoms with E-state index in [-0.39, 0.29) is 77.9 Å². The molecule has 0 aliphatic carbocycles. The smallest absolute Gasteiger partial charge is 1.00 e. The number of H-pyrrole nitrogens is 1. The maximum Gasteiger partial charge on any atom is 2.00 e. The first-order valence-electron chi connectivity index (χ1n) is 6.47. The molecule has 0 amide bonds. The summed E-state index contributed by atoms with van der Waals surface area (Å²) < 4.78 is 0. The van der Waals surface area contributed by atoms with Crippen molar-refractivity contribution in [3.05, 3.63) is 75.4 Å². The van der Waals surface area contributed by atoms with Gasteiger partial charge in [0.1, 0.15) is 0 Å². The summed E-state index contributed by atoms with van der Waals surface area (Å²) in [5, 5.41) is 2.62. The van der Waals surface area contributed by atoms with E-state index in [1.54, 1.807) is 0 Å². The summed E-state index contributed by atoms with van der Waals surface area (Å²) in [7, 11) is 0. The van der Waals surface area contributed by atoms with Gasteiger partial charge in [-0.25, -0.2) is 0 Å². The van der Waals surface area contributed by atoms with E-state index in [0.717, 1.165) is 0 Å². The van der Waals surface area contributed by atoms with Crippen LogP contribution in [0.15, 0.2) is 54.9 Å². The summed E-state index contributed by atoms with van der Waals surface area (Å²) in [4.78, 5) is 3.07. The Bertz CT molecular complexity index is 608. The van der Waals surface area contributed by atoms with Gasteiger partial charge in [-0.15, -0.1) is 40.1 Å². The van der Waals surface area contributed by atoms with E-state index >= 15 is 0 Å². The molecule has 4 radical (unpaired) electrons. The Morgan fingerprint density at radius 3 is 1.96 bits per heavy atom. The molecule has 0 spiro atoms. The predicted molar refractivity (Wildman–Crippen MR) is 102 cm³/mol. The Labute approximate surface area is 185 Å². The van der Waals surface area contributed by atoms with Crippen molar-refractivity contribution < 1.29 is 46.5 Å². The van der Waals surface area contributed by atoms with Gasteiger partial charge in [0.15, 0.2) is 0 Å². The molecule has 0 unspecified atom stereocenters. The van der Waals surface area contributed by atoms with Gasteiger partial charge in [-0.2, -0.15) is 0 Å². The molecule has 1 heterocycles. The minimum absolute atomic E-state index is 0. The second kappa shape index (κ2) is 15.8. The van der Waals surface area contributed by atoms with Crippen LogP contribution in [0.4, 0.5) is 0 Å². The fourth-order valence-corrected chi connectivity index (χ4v) is 1.82. The largest absolute Gasteiger partial charge is 2.00 e. The van der Waals surface area contributed by atoms with Gasteiger partial charge in [0, 0.05) is 11.0 Å². The van der Waals surface area contributed by atoms with Crippen LogP contribution in [0.3, 0.4) is 0 Å². The molecule has 6 heteroatoms. The number of aromatic nitrogens is 1. The number of aromatic amines is 1. The van der Waals surface area contributed by atoms with Gasteiger partial charge in [0.2, 0.25) is 0 Å². The average molecular weight is 429 g/mol. The quantitative estimate of drug-likeness (QED) is 0.416. The Balaban J connectivity index is -0.000000110. The van der Waals surface area contributed by atoms with Crippen molar-refractivity contribution in [2.75, 3.05) is 0 Å². The Hall–Kier alpha value is -0.419. The number of nitrogens with one attached hydrogen (secondary N) is 2. The molecule has 0 aliphatic rings. The third-order valence-corrected chi connectivity index (χ3v) is 2.55. The maximum absolute atomic E-state index is 6.94. The molecule has 0 aliphatic heterocycles. The molecular weight excluding hydrogens is 403 g/mol. The van der Waals surface area contributed by atoms with Crippen LogP contribution in [0.25, 0.3) is 27.6 Å². The van der Waals surface area contributed by atoms with E-state index < -0.39 is 0 Å². The molecule has 3 aromatic rings. The molecule has 0 atom stereocenters. The summed E-state index contributed by atoms with van der Waals surface area (Å²) in [6, 6.07) is 15.0. The van der Waals surface area contributed by atoms with Crippen molar-refractivity contribution in [1.29, 1.82) is 0 Å². The molecule has 0 bridgehead atoms. The van der Waals surface area contributed by atoms with E-state index in [9.17, 15) is 0 Å². The van der Waals surface area contributed by atoms with Crippen LogP contribution in [0.5, 0.6) is 0 Å².